The number of nitrogens with one attached hydrogen (secondary N) is 1. The van der Waals surface area contributed by atoms with Gasteiger partial charge in [-0.15, -0.1) is 0 Å². The predicted molar refractivity (Wildman–Crippen MR) is 106 cm³/mol. The maximum Gasteiger partial charge on any atom is 0.255 e. The number of nitrogens with zero attached hydrogens (tertiary/aromatic N) is 1. The van der Waals surface area contributed by atoms with Crippen molar-refractivity contribution < 1.29 is 17.9 Å². The van der Waals surface area contributed by atoms with Crippen LogP contribution >= 0.6 is 0 Å². The molecule has 0 bridgehead atoms. The van der Waals surface area contributed by atoms with Crippen molar-refractivity contribution in [1.29, 1.82) is 0 Å². The smallest absolute Gasteiger partial charge is 0.255 e. The molecule has 27 heavy (non-hydrogen) atoms. The molecule has 0 aliphatic rings. The topological polar surface area (TPSA) is 75.7 Å². The minimum absolute atomic E-state index is 0.159. The van der Waals surface area contributed by atoms with Gasteiger partial charge in [0.2, 0.25) is 10.0 Å². The van der Waals surface area contributed by atoms with Crippen LogP contribution in [-0.4, -0.2) is 38.8 Å². The molecule has 0 aromatic heterocycles. The highest BCUT2D eigenvalue weighted by Gasteiger charge is 2.24. The molecule has 0 atom stereocenters. The average Bonchev–Trinajstić information content (AvgIpc) is 2.63. The van der Waals surface area contributed by atoms with E-state index in [2.05, 4.69) is 5.32 Å². The van der Waals surface area contributed by atoms with E-state index in [1.54, 1.807) is 46.1 Å². The zero-order valence-corrected chi connectivity index (χ0v) is 17.0. The van der Waals surface area contributed by atoms with Gasteiger partial charge in [0.15, 0.2) is 0 Å². The van der Waals surface area contributed by atoms with Crippen molar-refractivity contribution in [3.63, 3.8) is 0 Å². The van der Waals surface area contributed by atoms with Crippen LogP contribution in [-0.2, 0) is 21.4 Å². The monoisotopic (exact) mass is 390 g/mol. The van der Waals surface area contributed by atoms with Crippen LogP contribution < -0.4 is 5.32 Å². The van der Waals surface area contributed by atoms with E-state index in [4.69, 9.17) is 4.74 Å². The molecule has 0 fully saturated rings. The Labute approximate surface area is 161 Å². The van der Waals surface area contributed by atoms with E-state index in [9.17, 15) is 13.2 Å². The first-order valence-corrected chi connectivity index (χ1v) is 10.3. The summed E-state index contributed by atoms with van der Waals surface area (Å²) in [5.41, 5.74) is 2.47. The number of aryl methyl sites for hydroxylation is 1. The standard InChI is InChI=1S/C20H26N2O4S/c1-5-22(6-2)27(24,25)19-13-17(11-10-15(19)3)20(23)21-18-9-7-8-16(12-18)14-26-4/h7-13H,5-6,14H2,1-4H3,(H,21,23). The number of ether oxygens (including phenoxy) is 1. The summed E-state index contributed by atoms with van der Waals surface area (Å²) in [5.74, 6) is -0.361. The van der Waals surface area contributed by atoms with Crippen molar-refractivity contribution >= 4 is 21.6 Å². The fourth-order valence-electron chi connectivity index (χ4n) is 2.83. The lowest BCUT2D eigenvalue weighted by molar-refractivity contribution is 0.102. The number of carbonyl (C=O) groups is 1. The molecule has 7 heteroatoms. The normalized spacial score (nSPS) is 11.6. The van der Waals surface area contributed by atoms with Crippen LogP contribution in [0.3, 0.4) is 0 Å². The molecule has 2 rings (SSSR count). The molecule has 2 aromatic carbocycles. The van der Waals surface area contributed by atoms with Gasteiger partial charge in [-0.3, -0.25) is 4.79 Å². The molecule has 6 nitrogen and oxygen atoms in total. The number of hydrogen-bond donors (Lipinski definition) is 1. The van der Waals surface area contributed by atoms with Crippen molar-refractivity contribution in [2.45, 2.75) is 32.3 Å². The summed E-state index contributed by atoms with van der Waals surface area (Å²) in [4.78, 5) is 12.8. The van der Waals surface area contributed by atoms with E-state index >= 15 is 0 Å². The third-order valence-electron chi connectivity index (χ3n) is 4.27. The number of sulfonamides is 1. The third kappa shape index (κ3) is 4.94. The molecule has 146 valence electrons. The second kappa shape index (κ2) is 9.12. The van der Waals surface area contributed by atoms with Crippen LogP contribution in [0.2, 0.25) is 0 Å². The molecular weight excluding hydrogens is 364 g/mol. The Kier molecular flexibility index (Phi) is 7.12. The van der Waals surface area contributed by atoms with Gasteiger partial charge in [-0.1, -0.05) is 32.0 Å². The van der Waals surface area contributed by atoms with Gasteiger partial charge in [0, 0.05) is 31.5 Å². The maximum absolute atomic E-state index is 12.8. The van der Waals surface area contributed by atoms with E-state index in [1.165, 1.54) is 10.4 Å². The molecule has 1 amide bonds. The highest BCUT2D eigenvalue weighted by Crippen LogP contribution is 2.22. The van der Waals surface area contributed by atoms with Gasteiger partial charge in [0.05, 0.1) is 11.5 Å². The van der Waals surface area contributed by atoms with Crippen LogP contribution in [0.1, 0.15) is 35.3 Å². The number of methoxy groups -OCH3 is 1. The summed E-state index contributed by atoms with van der Waals surface area (Å²) in [6.07, 6.45) is 0. The molecule has 0 heterocycles. The number of amides is 1. The van der Waals surface area contributed by atoms with Crippen molar-refractivity contribution in [3.8, 4) is 0 Å². The van der Waals surface area contributed by atoms with E-state index < -0.39 is 10.0 Å². The molecular formula is C20H26N2O4S. The minimum atomic E-state index is -3.64. The molecule has 0 aliphatic carbocycles. The van der Waals surface area contributed by atoms with Gasteiger partial charge in [-0.2, -0.15) is 4.31 Å². The summed E-state index contributed by atoms with van der Waals surface area (Å²) in [5, 5.41) is 2.81. The molecule has 0 unspecified atom stereocenters. The zero-order valence-electron chi connectivity index (χ0n) is 16.2. The van der Waals surface area contributed by atoms with E-state index in [0.29, 0.717) is 36.5 Å². The molecule has 1 N–H and O–H groups in total. The first-order valence-electron chi connectivity index (χ1n) is 8.83. The summed E-state index contributed by atoms with van der Waals surface area (Å²) in [6.45, 7) is 6.51. The molecule has 0 saturated heterocycles. The number of hydrogen-bond acceptors (Lipinski definition) is 4. The van der Waals surface area contributed by atoms with Gasteiger partial charge in [0.1, 0.15) is 0 Å². The Balaban J connectivity index is 2.32. The number of benzene rings is 2. The molecule has 0 radical (unpaired) electrons. The van der Waals surface area contributed by atoms with Crippen LogP contribution in [0.25, 0.3) is 0 Å². The SMILES string of the molecule is CCN(CC)S(=O)(=O)c1cc(C(=O)Nc2cccc(COC)c2)ccc1C. The zero-order chi connectivity index (χ0) is 20.0. The summed E-state index contributed by atoms with van der Waals surface area (Å²) >= 11 is 0. The largest absolute Gasteiger partial charge is 0.380 e. The lowest BCUT2D eigenvalue weighted by Crippen LogP contribution is -2.31. The fourth-order valence-corrected chi connectivity index (χ4v) is 4.54. The van der Waals surface area contributed by atoms with E-state index in [1.807, 2.05) is 18.2 Å². The Morgan fingerprint density at radius 3 is 2.44 bits per heavy atom. The van der Waals surface area contributed by atoms with Crippen LogP contribution in [0, 0.1) is 6.92 Å². The fraction of sp³-hybridized carbons (Fsp3) is 0.350. The van der Waals surface area contributed by atoms with Crippen LogP contribution in [0.4, 0.5) is 5.69 Å². The van der Waals surface area contributed by atoms with Gasteiger partial charge in [-0.25, -0.2) is 8.42 Å². The van der Waals surface area contributed by atoms with Gasteiger partial charge in [-0.05, 0) is 42.3 Å². The number of carbonyl (C=O) groups excluding carboxylic acids is 1. The predicted octanol–water partition coefficient (Wildman–Crippen LogP) is 3.42. The average molecular weight is 391 g/mol. The third-order valence-corrected chi connectivity index (χ3v) is 6.46. The minimum Gasteiger partial charge on any atom is -0.380 e. The lowest BCUT2D eigenvalue weighted by atomic mass is 10.1. The Morgan fingerprint density at radius 1 is 1.11 bits per heavy atom. The second-order valence-corrected chi connectivity index (χ2v) is 8.06. The second-order valence-electron chi connectivity index (χ2n) is 6.16. The first kappa shape index (κ1) is 21.1. The van der Waals surface area contributed by atoms with Crippen LogP contribution in [0.5, 0.6) is 0 Å². The first-order chi connectivity index (χ1) is 12.8. The lowest BCUT2D eigenvalue weighted by Gasteiger charge is -2.20. The van der Waals surface area contributed by atoms with Crippen LogP contribution in [0.15, 0.2) is 47.4 Å². The molecule has 0 spiro atoms. The van der Waals surface area contributed by atoms with Crippen molar-refractivity contribution in [2.75, 3.05) is 25.5 Å². The Bertz CT molecular complexity index is 906. The van der Waals surface area contributed by atoms with Gasteiger partial charge < -0.3 is 10.1 Å². The number of anilines is 1. The summed E-state index contributed by atoms with van der Waals surface area (Å²) < 4.78 is 32.2. The summed E-state index contributed by atoms with van der Waals surface area (Å²) in [6, 6.07) is 12.1. The van der Waals surface area contributed by atoms with E-state index in [0.717, 1.165) is 5.56 Å². The van der Waals surface area contributed by atoms with Crippen molar-refractivity contribution in [2.24, 2.45) is 0 Å². The Hall–Kier alpha value is -2.22. The highest BCUT2D eigenvalue weighted by atomic mass is 32.2. The van der Waals surface area contributed by atoms with Gasteiger partial charge in [0.25, 0.3) is 5.91 Å². The van der Waals surface area contributed by atoms with Crippen molar-refractivity contribution in [1.82, 2.24) is 4.31 Å². The quantitative estimate of drug-likeness (QED) is 0.749. The summed E-state index contributed by atoms with van der Waals surface area (Å²) in [7, 11) is -2.03. The molecule has 2 aromatic rings. The van der Waals surface area contributed by atoms with E-state index in [-0.39, 0.29) is 10.8 Å². The molecule has 0 saturated carbocycles. The highest BCUT2D eigenvalue weighted by molar-refractivity contribution is 7.89. The van der Waals surface area contributed by atoms with Gasteiger partial charge >= 0.3 is 0 Å². The maximum atomic E-state index is 12.8. The van der Waals surface area contributed by atoms with Crippen molar-refractivity contribution in [3.05, 3.63) is 59.2 Å². The Morgan fingerprint density at radius 2 is 1.81 bits per heavy atom. The molecule has 0 aliphatic heterocycles. The number of rotatable bonds is 8.